The Balaban J connectivity index is 2.26. The monoisotopic (exact) mass is 603 g/mol. The van der Waals surface area contributed by atoms with Gasteiger partial charge in [0.2, 0.25) is 23.6 Å². The van der Waals surface area contributed by atoms with E-state index in [4.69, 9.17) is 0 Å². The van der Waals surface area contributed by atoms with Crippen molar-refractivity contribution in [1.29, 1.82) is 0 Å². The van der Waals surface area contributed by atoms with Crippen LogP contribution in [0.5, 0.6) is 0 Å². The van der Waals surface area contributed by atoms with Gasteiger partial charge in [0.1, 0.15) is 12.1 Å². The first-order chi connectivity index (χ1) is 20.0. The molecule has 2 N–H and O–H groups in total. The van der Waals surface area contributed by atoms with E-state index in [1.165, 1.54) is 0 Å². The lowest BCUT2D eigenvalue weighted by Gasteiger charge is -2.41. The fourth-order valence-corrected chi connectivity index (χ4v) is 6.47. The Morgan fingerprint density at radius 3 is 2.00 bits per heavy atom. The smallest absolute Gasteiger partial charge is 0.249 e. The van der Waals surface area contributed by atoms with Gasteiger partial charge in [-0.3, -0.25) is 24.1 Å². The minimum atomic E-state index is -0.719. The molecule has 2 heterocycles. The highest BCUT2D eigenvalue weighted by Gasteiger charge is 2.40. The minimum Gasteiger partial charge on any atom is -0.352 e. The van der Waals surface area contributed by atoms with Gasteiger partial charge in [-0.05, 0) is 77.2 Å². The number of nitrogens with zero attached hydrogens (tertiary/aromatic N) is 3. The van der Waals surface area contributed by atoms with E-state index in [2.05, 4.69) is 43.2 Å². The molecule has 0 aromatic rings. The zero-order valence-electron chi connectivity index (χ0n) is 29.0. The molecule has 0 spiro atoms. The Hall–Kier alpha value is -2.42. The average Bonchev–Trinajstić information content (AvgIpc) is 3.45. The fraction of sp³-hybridized carbons (Fsp3) is 0.824. The van der Waals surface area contributed by atoms with Crippen LogP contribution in [0.25, 0.3) is 0 Å². The van der Waals surface area contributed by atoms with Crippen LogP contribution in [0.2, 0.25) is 0 Å². The van der Waals surface area contributed by atoms with E-state index in [-0.39, 0.29) is 53.7 Å². The summed E-state index contributed by atoms with van der Waals surface area (Å²) in [6.45, 7) is 21.5. The van der Waals surface area contributed by atoms with Crippen LogP contribution in [0.1, 0.15) is 114 Å². The Morgan fingerprint density at radius 2 is 1.47 bits per heavy atom. The summed E-state index contributed by atoms with van der Waals surface area (Å²) >= 11 is 0. The highest BCUT2D eigenvalue weighted by molar-refractivity contribution is 5.97. The molecule has 2 aliphatic heterocycles. The first-order valence-corrected chi connectivity index (χ1v) is 16.7. The number of nitrogens with one attached hydrogen (secondary N) is 2. The molecule has 0 bridgehead atoms. The molecule has 4 amide bonds. The number of likely N-dealkylation sites (tertiary alicyclic amines) is 2. The summed E-state index contributed by atoms with van der Waals surface area (Å²) in [7, 11) is 1.76. The maximum atomic E-state index is 14.1. The third-order valence-corrected chi connectivity index (χ3v) is 9.29. The van der Waals surface area contributed by atoms with Crippen LogP contribution < -0.4 is 10.6 Å². The second-order valence-corrected chi connectivity index (χ2v) is 14.4. The van der Waals surface area contributed by atoms with Crippen LogP contribution >= 0.6 is 0 Å². The second-order valence-electron chi connectivity index (χ2n) is 14.4. The Morgan fingerprint density at radius 1 is 0.884 bits per heavy atom. The van der Waals surface area contributed by atoms with Crippen molar-refractivity contribution in [1.82, 2.24) is 25.3 Å². The summed E-state index contributed by atoms with van der Waals surface area (Å²) in [5.41, 5.74) is 0.00563. The lowest BCUT2D eigenvalue weighted by Crippen LogP contribution is -2.60. The lowest BCUT2D eigenvalue weighted by molar-refractivity contribution is -0.142. The molecule has 4 atom stereocenters. The van der Waals surface area contributed by atoms with Gasteiger partial charge in [-0.25, -0.2) is 0 Å². The number of hydrogen-bond donors (Lipinski definition) is 2. The van der Waals surface area contributed by atoms with E-state index < -0.39 is 17.5 Å². The van der Waals surface area contributed by atoms with Gasteiger partial charge in [-0.2, -0.15) is 0 Å². The van der Waals surface area contributed by atoms with E-state index in [0.717, 1.165) is 45.1 Å². The lowest BCUT2D eigenvalue weighted by atomic mass is 9.84. The molecule has 2 saturated heterocycles. The Labute approximate surface area is 261 Å². The number of carbonyl (C=O) groups is 4. The highest BCUT2D eigenvalue weighted by Crippen LogP contribution is 2.27. The van der Waals surface area contributed by atoms with Crippen molar-refractivity contribution in [3.63, 3.8) is 0 Å². The third kappa shape index (κ3) is 9.53. The second kappa shape index (κ2) is 16.1. The van der Waals surface area contributed by atoms with Crippen molar-refractivity contribution in [2.75, 3.05) is 20.1 Å². The number of carbonyl (C=O) groups excluding carboxylic acids is 4. The van der Waals surface area contributed by atoms with E-state index in [1.54, 1.807) is 23.8 Å². The summed E-state index contributed by atoms with van der Waals surface area (Å²) in [6, 6.07) is -1.44. The molecule has 1 unspecified atom stereocenters. The summed E-state index contributed by atoms with van der Waals surface area (Å²) in [4.78, 5) is 60.0. The van der Waals surface area contributed by atoms with Gasteiger partial charge < -0.3 is 20.4 Å². The van der Waals surface area contributed by atoms with Crippen LogP contribution in [0.15, 0.2) is 11.6 Å². The molecule has 0 aromatic carbocycles. The van der Waals surface area contributed by atoms with E-state index in [1.807, 2.05) is 40.7 Å². The average molecular weight is 604 g/mol. The van der Waals surface area contributed by atoms with Gasteiger partial charge >= 0.3 is 0 Å². The first kappa shape index (κ1) is 36.8. The first-order valence-electron chi connectivity index (χ1n) is 16.7. The number of rotatable bonds is 12. The summed E-state index contributed by atoms with van der Waals surface area (Å²) in [5.74, 6) is -0.495. The molecule has 9 nitrogen and oxygen atoms in total. The molecular weight excluding hydrogens is 542 g/mol. The molecule has 9 heteroatoms. The molecule has 2 fully saturated rings. The van der Waals surface area contributed by atoms with E-state index in [0.29, 0.717) is 18.5 Å². The molecule has 246 valence electrons. The van der Waals surface area contributed by atoms with Crippen molar-refractivity contribution < 1.29 is 19.2 Å². The van der Waals surface area contributed by atoms with Crippen LogP contribution in [-0.2, 0) is 19.2 Å². The van der Waals surface area contributed by atoms with Gasteiger partial charge in [-0.1, -0.05) is 61.0 Å². The van der Waals surface area contributed by atoms with Crippen molar-refractivity contribution in [3.8, 4) is 0 Å². The van der Waals surface area contributed by atoms with Crippen molar-refractivity contribution >= 4 is 23.6 Å². The van der Waals surface area contributed by atoms with E-state index >= 15 is 0 Å². The molecule has 0 radical (unpaired) electrons. The van der Waals surface area contributed by atoms with Crippen LogP contribution in [0.3, 0.4) is 0 Å². The maximum absolute atomic E-state index is 14.1. The van der Waals surface area contributed by atoms with E-state index in [9.17, 15) is 19.2 Å². The molecule has 0 aromatic heterocycles. The molecule has 0 aliphatic carbocycles. The van der Waals surface area contributed by atoms with Gasteiger partial charge in [0.05, 0.1) is 12.1 Å². The van der Waals surface area contributed by atoms with Crippen LogP contribution in [0.4, 0.5) is 0 Å². The number of piperidine rings is 1. The molecule has 0 saturated carbocycles. The third-order valence-electron chi connectivity index (χ3n) is 9.29. The van der Waals surface area contributed by atoms with Crippen molar-refractivity contribution in [2.45, 2.75) is 150 Å². The molecular formula is C34H61N5O4. The standard InChI is InChI=1S/C34H61N5O4/c1-12-25(13-2)35-30(40)27-18-16-20-39(27)32(42)24(7)21-28(22(3)4)37(11)33(43)29(34(8,9)10)36-31(41)26-17-14-15-19-38(26)23(5)6/h21-23,25-29H,12-20H2,1-11H3,(H,35,40)(H,36,41)/b24-21+/t26?,27-,28+,29+/m0/s1. The van der Waals surface area contributed by atoms with Gasteiger partial charge in [0.25, 0.3) is 0 Å². The predicted molar refractivity (Wildman–Crippen MR) is 173 cm³/mol. The number of hydrogen-bond acceptors (Lipinski definition) is 5. The number of amides is 4. The van der Waals surface area contributed by atoms with Crippen LogP contribution in [-0.4, -0.2) is 94.7 Å². The van der Waals surface area contributed by atoms with Gasteiger partial charge in [-0.15, -0.1) is 0 Å². The van der Waals surface area contributed by atoms with Gasteiger partial charge in [0, 0.05) is 31.2 Å². The Kier molecular flexibility index (Phi) is 13.7. The van der Waals surface area contributed by atoms with Crippen molar-refractivity contribution in [3.05, 3.63) is 11.6 Å². The van der Waals surface area contributed by atoms with Gasteiger partial charge in [0.15, 0.2) is 0 Å². The summed E-state index contributed by atoms with van der Waals surface area (Å²) in [6.07, 6.45) is 7.87. The summed E-state index contributed by atoms with van der Waals surface area (Å²) in [5, 5.41) is 6.24. The topological polar surface area (TPSA) is 102 Å². The minimum absolute atomic E-state index is 0.0235. The fourth-order valence-electron chi connectivity index (χ4n) is 6.47. The molecule has 2 aliphatic rings. The zero-order valence-corrected chi connectivity index (χ0v) is 29.0. The largest absolute Gasteiger partial charge is 0.352 e. The number of likely N-dealkylation sites (N-methyl/N-ethyl adjacent to an activating group) is 1. The SMILES string of the molecule is CCC(CC)NC(=O)[C@@H]1CCCN1C(=O)/C(C)=C/[C@H](C(C)C)N(C)C(=O)[C@@H](NC(=O)C1CCCCN1C(C)C)C(C)(C)C. The van der Waals surface area contributed by atoms with Crippen LogP contribution in [0, 0.1) is 11.3 Å². The zero-order chi connectivity index (χ0) is 32.6. The summed E-state index contributed by atoms with van der Waals surface area (Å²) < 4.78 is 0. The maximum Gasteiger partial charge on any atom is 0.249 e. The predicted octanol–water partition coefficient (Wildman–Crippen LogP) is 4.51. The quantitative estimate of drug-likeness (QED) is 0.320. The molecule has 2 rings (SSSR count). The van der Waals surface area contributed by atoms with Crippen molar-refractivity contribution in [2.24, 2.45) is 11.3 Å². The Bertz CT molecular complexity index is 997. The molecule has 43 heavy (non-hydrogen) atoms. The highest BCUT2D eigenvalue weighted by atomic mass is 16.2. The normalized spacial score (nSPS) is 21.7.